The molecule has 6 heteroatoms. The number of anilines is 1. The van der Waals surface area contributed by atoms with Gasteiger partial charge in [0.1, 0.15) is 11.5 Å². The number of aliphatic hydroxyl groups excluding tert-OH is 1. The number of aromatic nitrogens is 3. The topological polar surface area (TPSA) is 82.9 Å². The van der Waals surface area contributed by atoms with Crippen molar-refractivity contribution >= 4 is 11.7 Å². The molecule has 0 fully saturated rings. The number of nitrogens with one attached hydrogen (secondary N) is 2. The summed E-state index contributed by atoms with van der Waals surface area (Å²) < 4.78 is 1.57. The third-order valence-electron chi connectivity index (χ3n) is 2.30. The van der Waals surface area contributed by atoms with E-state index in [-0.39, 0.29) is 12.5 Å². The molecular weight excluding hydrogens is 220 g/mol. The molecule has 90 valence electrons. The highest BCUT2D eigenvalue weighted by Gasteiger charge is 2.11. The third-order valence-corrected chi connectivity index (χ3v) is 2.30. The van der Waals surface area contributed by atoms with Gasteiger partial charge in [-0.25, -0.2) is 4.68 Å². The van der Waals surface area contributed by atoms with Crippen molar-refractivity contribution in [3.63, 3.8) is 0 Å². The molecule has 0 atom stereocenters. The zero-order valence-electron chi connectivity index (χ0n) is 9.47. The lowest BCUT2D eigenvalue weighted by Gasteiger charge is -2.06. The van der Waals surface area contributed by atoms with Crippen molar-refractivity contribution in [1.82, 2.24) is 14.8 Å². The van der Waals surface area contributed by atoms with Crippen LogP contribution in [0.25, 0.3) is 0 Å². The Morgan fingerprint density at radius 1 is 1.65 bits per heavy atom. The van der Waals surface area contributed by atoms with Crippen LogP contribution < -0.4 is 5.32 Å². The molecule has 0 aromatic carbocycles. The Balaban J connectivity index is 2.15. The Morgan fingerprint density at radius 2 is 2.47 bits per heavy atom. The molecule has 0 bridgehead atoms. The maximum absolute atomic E-state index is 11.8. The molecule has 2 aromatic rings. The largest absolute Gasteiger partial charge is 0.394 e. The number of nitrogens with zero attached hydrogens (tertiary/aromatic N) is 2. The van der Waals surface area contributed by atoms with Crippen LogP contribution in [0.15, 0.2) is 24.4 Å². The number of H-pyrrole nitrogens is 1. The van der Waals surface area contributed by atoms with Gasteiger partial charge in [-0.3, -0.25) is 4.79 Å². The molecule has 17 heavy (non-hydrogen) atoms. The van der Waals surface area contributed by atoms with Crippen LogP contribution in [0.4, 0.5) is 5.82 Å². The predicted molar refractivity (Wildman–Crippen MR) is 62.8 cm³/mol. The average Bonchev–Trinajstić information content (AvgIpc) is 2.89. The number of rotatable bonds is 4. The van der Waals surface area contributed by atoms with E-state index in [1.54, 1.807) is 29.1 Å². The lowest BCUT2D eigenvalue weighted by atomic mass is 10.4. The molecule has 0 saturated heterocycles. The number of aryl methyl sites for hydroxylation is 1. The number of aliphatic hydroxyl groups is 1. The molecule has 2 aromatic heterocycles. The van der Waals surface area contributed by atoms with Gasteiger partial charge in [0.25, 0.3) is 5.91 Å². The maximum Gasteiger partial charge on any atom is 0.273 e. The molecule has 2 heterocycles. The second kappa shape index (κ2) is 4.84. The standard InChI is InChI=1S/C11H14N4O2/c1-8-7-10(15(14-8)5-6-16)13-11(17)9-3-2-4-12-9/h2-4,7,12,16H,5-6H2,1H3,(H,13,17). The van der Waals surface area contributed by atoms with Crippen LogP contribution in [-0.4, -0.2) is 32.4 Å². The van der Waals surface area contributed by atoms with E-state index < -0.39 is 0 Å². The first-order valence-corrected chi connectivity index (χ1v) is 5.31. The number of amides is 1. The van der Waals surface area contributed by atoms with Crippen molar-refractivity contribution in [2.75, 3.05) is 11.9 Å². The number of hydrogen-bond donors (Lipinski definition) is 3. The van der Waals surface area contributed by atoms with Gasteiger partial charge in [-0.1, -0.05) is 0 Å². The molecule has 0 unspecified atom stereocenters. The fraction of sp³-hybridized carbons (Fsp3) is 0.273. The summed E-state index contributed by atoms with van der Waals surface area (Å²) >= 11 is 0. The summed E-state index contributed by atoms with van der Waals surface area (Å²) in [5, 5.41) is 15.8. The van der Waals surface area contributed by atoms with Crippen LogP contribution in [0, 0.1) is 6.92 Å². The minimum Gasteiger partial charge on any atom is -0.394 e. The zero-order valence-corrected chi connectivity index (χ0v) is 9.47. The molecule has 0 aliphatic heterocycles. The van der Waals surface area contributed by atoms with E-state index in [4.69, 9.17) is 5.11 Å². The normalized spacial score (nSPS) is 10.5. The van der Waals surface area contributed by atoms with Crippen LogP contribution in [0.3, 0.4) is 0 Å². The lowest BCUT2D eigenvalue weighted by molar-refractivity contribution is 0.102. The van der Waals surface area contributed by atoms with Crippen molar-refractivity contribution in [3.05, 3.63) is 35.8 Å². The molecule has 6 nitrogen and oxygen atoms in total. The molecule has 0 saturated carbocycles. The van der Waals surface area contributed by atoms with Crippen molar-refractivity contribution < 1.29 is 9.90 Å². The molecule has 0 spiro atoms. The van der Waals surface area contributed by atoms with Crippen LogP contribution in [0.2, 0.25) is 0 Å². The van der Waals surface area contributed by atoms with Gasteiger partial charge < -0.3 is 15.4 Å². The molecule has 0 aliphatic carbocycles. The summed E-state index contributed by atoms with van der Waals surface area (Å²) in [7, 11) is 0. The van der Waals surface area contributed by atoms with E-state index in [0.717, 1.165) is 5.69 Å². The summed E-state index contributed by atoms with van der Waals surface area (Å²) in [6.07, 6.45) is 1.69. The highest BCUT2D eigenvalue weighted by molar-refractivity contribution is 6.02. The summed E-state index contributed by atoms with van der Waals surface area (Å²) in [6, 6.07) is 5.20. The Kier molecular flexibility index (Phi) is 3.24. The maximum atomic E-state index is 11.8. The first-order chi connectivity index (χ1) is 8.20. The first kappa shape index (κ1) is 11.4. The average molecular weight is 234 g/mol. The van der Waals surface area contributed by atoms with Crippen molar-refractivity contribution in [3.8, 4) is 0 Å². The number of carbonyl (C=O) groups excluding carboxylic acids is 1. The van der Waals surface area contributed by atoms with Crippen molar-refractivity contribution in [1.29, 1.82) is 0 Å². The Labute approximate surface area is 98.3 Å². The predicted octanol–water partition coefficient (Wildman–Crippen LogP) is 0.764. The smallest absolute Gasteiger partial charge is 0.273 e. The van der Waals surface area contributed by atoms with Gasteiger partial charge >= 0.3 is 0 Å². The second-order valence-electron chi connectivity index (χ2n) is 3.66. The van der Waals surface area contributed by atoms with Gasteiger partial charge in [-0.05, 0) is 19.1 Å². The molecule has 1 amide bonds. The molecule has 0 radical (unpaired) electrons. The Bertz CT molecular complexity index is 502. The molecule has 3 N–H and O–H groups in total. The highest BCUT2D eigenvalue weighted by Crippen LogP contribution is 2.11. The van der Waals surface area contributed by atoms with E-state index in [9.17, 15) is 4.79 Å². The fourth-order valence-electron chi connectivity index (χ4n) is 1.57. The van der Waals surface area contributed by atoms with Crippen LogP contribution in [0.5, 0.6) is 0 Å². The van der Waals surface area contributed by atoms with Crippen LogP contribution in [-0.2, 0) is 6.54 Å². The van der Waals surface area contributed by atoms with Gasteiger partial charge in [0, 0.05) is 12.3 Å². The molecule has 0 aliphatic rings. The number of carbonyl (C=O) groups is 1. The van der Waals surface area contributed by atoms with E-state index in [0.29, 0.717) is 18.1 Å². The van der Waals surface area contributed by atoms with Gasteiger partial charge in [-0.2, -0.15) is 5.10 Å². The zero-order chi connectivity index (χ0) is 12.3. The monoisotopic (exact) mass is 234 g/mol. The summed E-state index contributed by atoms with van der Waals surface area (Å²) in [5.41, 5.74) is 1.28. The van der Waals surface area contributed by atoms with E-state index in [2.05, 4.69) is 15.4 Å². The molecular formula is C11H14N4O2. The summed E-state index contributed by atoms with van der Waals surface area (Å²) in [5.74, 6) is 0.352. The fourth-order valence-corrected chi connectivity index (χ4v) is 1.57. The highest BCUT2D eigenvalue weighted by atomic mass is 16.3. The van der Waals surface area contributed by atoms with Crippen LogP contribution in [0.1, 0.15) is 16.2 Å². The van der Waals surface area contributed by atoms with Gasteiger partial charge in [-0.15, -0.1) is 0 Å². The summed E-state index contributed by atoms with van der Waals surface area (Å²) in [4.78, 5) is 14.6. The minimum atomic E-state index is -0.228. The SMILES string of the molecule is Cc1cc(NC(=O)c2ccc[nH]2)n(CCO)n1. The van der Waals surface area contributed by atoms with E-state index >= 15 is 0 Å². The van der Waals surface area contributed by atoms with E-state index in [1.165, 1.54) is 0 Å². The Morgan fingerprint density at radius 3 is 3.12 bits per heavy atom. The summed E-state index contributed by atoms with van der Waals surface area (Å²) in [6.45, 7) is 2.17. The van der Waals surface area contributed by atoms with Gasteiger partial charge in [0.2, 0.25) is 0 Å². The van der Waals surface area contributed by atoms with E-state index in [1.807, 2.05) is 6.92 Å². The minimum absolute atomic E-state index is 0.0213. The van der Waals surface area contributed by atoms with Crippen molar-refractivity contribution in [2.45, 2.75) is 13.5 Å². The number of hydrogen-bond acceptors (Lipinski definition) is 3. The van der Waals surface area contributed by atoms with Crippen molar-refractivity contribution in [2.24, 2.45) is 0 Å². The number of aromatic amines is 1. The van der Waals surface area contributed by atoms with Crippen LogP contribution >= 0.6 is 0 Å². The Hall–Kier alpha value is -2.08. The van der Waals surface area contributed by atoms with Gasteiger partial charge in [0.15, 0.2) is 0 Å². The quantitative estimate of drug-likeness (QED) is 0.730. The molecule has 2 rings (SSSR count). The second-order valence-corrected chi connectivity index (χ2v) is 3.66. The lowest BCUT2D eigenvalue weighted by Crippen LogP contribution is -2.16. The van der Waals surface area contributed by atoms with Gasteiger partial charge in [0.05, 0.1) is 18.8 Å². The third kappa shape index (κ3) is 2.54. The first-order valence-electron chi connectivity index (χ1n) is 5.31.